The fourth-order valence-corrected chi connectivity index (χ4v) is 3.46. The van der Waals surface area contributed by atoms with Crippen LogP contribution in [0.5, 0.6) is 0 Å². The molecule has 0 N–H and O–H groups in total. The Balaban J connectivity index is 1.77. The average molecular weight is 370 g/mol. The van der Waals surface area contributed by atoms with Crippen LogP contribution in [-0.2, 0) is 12.7 Å². The molecule has 0 spiro atoms. The highest BCUT2D eigenvalue weighted by Gasteiger charge is 2.27. The Kier molecular flexibility index (Phi) is 2.63. The SMILES string of the molecule is [2H]C([2H])([2H])c1cnc(-c2ccccc2)c2c1C([2H])([2H])C([2H])(c1ccc(-c3ccccc3)cc1)C2([2H])[2H]. The maximum atomic E-state index is 9.39. The molecule has 0 fully saturated rings. The molecule has 1 unspecified atom stereocenters. The average Bonchev–Trinajstić information content (AvgIpc) is 2.99. The van der Waals surface area contributed by atoms with Gasteiger partial charge in [0.15, 0.2) is 0 Å². The van der Waals surface area contributed by atoms with E-state index in [2.05, 4.69) is 4.98 Å². The summed E-state index contributed by atoms with van der Waals surface area (Å²) in [5, 5.41) is 0. The topological polar surface area (TPSA) is 12.9 Å². The van der Waals surface area contributed by atoms with Crippen molar-refractivity contribution in [2.75, 3.05) is 0 Å². The molecule has 1 nitrogen and oxygen atoms in total. The third-order valence-electron chi connectivity index (χ3n) is 4.91. The number of rotatable bonds is 3. The summed E-state index contributed by atoms with van der Waals surface area (Å²) in [7, 11) is 0. The van der Waals surface area contributed by atoms with Gasteiger partial charge in [-0.3, -0.25) is 4.98 Å². The summed E-state index contributed by atoms with van der Waals surface area (Å²) < 4.78 is 69.9. The summed E-state index contributed by atoms with van der Waals surface area (Å²) in [6.07, 6.45) is -4.16. The van der Waals surface area contributed by atoms with Gasteiger partial charge in [-0.2, -0.15) is 0 Å². The zero-order valence-electron chi connectivity index (χ0n) is 23.1. The van der Waals surface area contributed by atoms with Gasteiger partial charge in [0.05, 0.1) is 5.69 Å². The van der Waals surface area contributed by atoms with Gasteiger partial charge in [-0.05, 0) is 58.9 Å². The van der Waals surface area contributed by atoms with Crippen LogP contribution in [-0.4, -0.2) is 4.98 Å². The molecule has 0 bridgehead atoms. The normalized spacial score (nSPS) is 26.3. The molecule has 0 radical (unpaired) electrons. The molecule has 1 aliphatic carbocycles. The van der Waals surface area contributed by atoms with E-state index in [4.69, 9.17) is 9.60 Å². The standard InChI is InChI=1S/C27H23N/c1-19-18-28-27(23-10-6-3-7-11-23)26-17-24(16-25(19)26)22-14-12-21(13-15-22)20-8-4-2-5-9-20/h2-15,18,24H,16-17H2,1H3/i1D3,16D2,17D2,24D. The number of aryl methyl sites for hydroxylation is 1. The minimum Gasteiger partial charge on any atom is -0.256 e. The zero-order valence-corrected chi connectivity index (χ0v) is 15.1. The van der Waals surface area contributed by atoms with Crippen LogP contribution in [0.4, 0.5) is 0 Å². The molecule has 1 aliphatic rings. The van der Waals surface area contributed by atoms with Crippen molar-refractivity contribution in [1.82, 2.24) is 4.98 Å². The second-order valence-corrected chi connectivity index (χ2v) is 6.70. The predicted octanol–water partition coefficient (Wildman–Crippen LogP) is 6.61. The number of hydrogen-bond donors (Lipinski definition) is 0. The van der Waals surface area contributed by atoms with Crippen LogP contribution in [0.15, 0.2) is 91.1 Å². The number of benzene rings is 3. The minimum absolute atomic E-state index is 0.115. The molecule has 1 heterocycles. The molecule has 0 amide bonds. The van der Waals surface area contributed by atoms with Gasteiger partial charge in [-0.15, -0.1) is 0 Å². The molecule has 0 saturated carbocycles. The van der Waals surface area contributed by atoms with E-state index in [1.807, 2.05) is 30.3 Å². The Morgan fingerprint density at radius 3 is 2.07 bits per heavy atom. The van der Waals surface area contributed by atoms with Crippen LogP contribution in [0.2, 0.25) is 0 Å². The highest BCUT2D eigenvalue weighted by Crippen LogP contribution is 2.40. The Morgan fingerprint density at radius 2 is 1.39 bits per heavy atom. The van der Waals surface area contributed by atoms with Crippen molar-refractivity contribution in [3.63, 3.8) is 0 Å². The molecule has 1 heteroatoms. The van der Waals surface area contributed by atoms with Gasteiger partial charge in [0.2, 0.25) is 0 Å². The maximum Gasteiger partial charge on any atom is 0.0737 e. The first kappa shape index (κ1) is 10.4. The summed E-state index contributed by atoms with van der Waals surface area (Å²) in [6, 6.07) is 24.8. The van der Waals surface area contributed by atoms with Crippen molar-refractivity contribution in [2.45, 2.75) is 25.5 Å². The number of fused-ring (bicyclic) bond motifs is 1. The largest absolute Gasteiger partial charge is 0.256 e. The molecule has 1 atom stereocenters. The Labute approximate surface area is 178 Å². The van der Waals surface area contributed by atoms with E-state index in [1.54, 1.807) is 54.6 Å². The number of hydrogen-bond acceptors (Lipinski definition) is 1. The predicted molar refractivity (Wildman–Crippen MR) is 116 cm³/mol. The van der Waals surface area contributed by atoms with Crippen molar-refractivity contribution in [1.29, 1.82) is 0 Å². The Morgan fingerprint density at radius 1 is 0.786 bits per heavy atom. The summed E-state index contributed by atoms with van der Waals surface area (Å²) in [6.45, 7) is -2.74. The molecule has 5 rings (SSSR count). The molecular weight excluding hydrogens is 338 g/mol. The minimum atomic E-state index is -2.74. The third kappa shape index (κ3) is 3.03. The molecule has 136 valence electrons. The van der Waals surface area contributed by atoms with Gasteiger partial charge in [0.25, 0.3) is 0 Å². The smallest absolute Gasteiger partial charge is 0.0737 e. The van der Waals surface area contributed by atoms with Crippen LogP contribution < -0.4 is 0 Å². The lowest BCUT2D eigenvalue weighted by Crippen LogP contribution is -1.98. The lowest BCUT2D eigenvalue weighted by atomic mass is 9.93. The van der Waals surface area contributed by atoms with Crippen LogP contribution >= 0.6 is 0 Å². The zero-order chi connectivity index (χ0) is 25.9. The summed E-state index contributed by atoms with van der Waals surface area (Å²) in [5.74, 6) is -2.47. The maximum absolute atomic E-state index is 9.39. The molecule has 1 aromatic heterocycles. The molecule has 28 heavy (non-hydrogen) atoms. The monoisotopic (exact) mass is 369 g/mol. The first-order valence-corrected chi connectivity index (χ1v) is 9.16. The van der Waals surface area contributed by atoms with Crippen molar-refractivity contribution in [2.24, 2.45) is 0 Å². The first-order valence-electron chi connectivity index (χ1n) is 13.2. The summed E-state index contributed by atoms with van der Waals surface area (Å²) in [4.78, 5) is 4.31. The Hall–Kier alpha value is -3.19. The first-order chi connectivity index (χ1) is 16.9. The van der Waals surface area contributed by atoms with E-state index in [1.165, 1.54) is 0 Å². The fraction of sp³-hybridized carbons (Fsp3) is 0.148. The lowest BCUT2D eigenvalue weighted by molar-refractivity contribution is 0.741. The van der Waals surface area contributed by atoms with E-state index < -0.39 is 25.5 Å². The van der Waals surface area contributed by atoms with E-state index >= 15 is 0 Å². The van der Waals surface area contributed by atoms with Crippen LogP contribution in [0.1, 0.15) is 39.1 Å². The fourth-order valence-electron chi connectivity index (χ4n) is 3.46. The third-order valence-corrected chi connectivity index (χ3v) is 4.91. The molecule has 0 aliphatic heterocycles. The quantitative estimate of drug-likeness (QED) is 0.396. The van der Waals surface area contributed by atoms with Crippen LogP contribution in [0, 0.1) is 6.85 Å². The molecule has 0 saturated heterocycles. The number of aromatic nitrogens is 1. The lowest BCUT2D eigenvalue weighted by Gasteiger charge is -2.11. The van der Waals surface area contributed by atoms with Gasteiger partial charge in [-0.25, -0.2) is 0 Å². The molecule has 4 aromatic rings. The summed E-state index contributed by atoms with van der Waals surface area (Å²) in [5.41, 5.74) is 1.68. The van der Waals surface area contributed by atoms with Crippen molar-refractivity contribution >= 4 is 0 Å². The molecule has 3 aromatic carbocycles. The van der Waals surface area contributed by atoms with E-state index in [0.29, 0.717) is 5.56 Å². The van der Waals surface area contributed by atoms with Crippen LogP contribution in [0.25, 0.3) is 22.4 Å². The molecular formula is C27H23N. The second kappa shape index (κ2) is 7.09. The van der Waals surface area contributed by atoms with E-state index in [0.717, 1.165) is 17.3 Å². The van der Waals surface area contributed by atoms with Crippen molar-refractivity contribution in [3.05, 3.63) is 113 Å². The van der Waals surface area contributed by atoms with E-state index in [-0.39, 0.29) is 27.9 Å². The van der Waals surface area contributed by atoms with E-state index in [9.17, 15) is 1.37 Å². The van der Waals surface area contributed by atoms with Gasteiger partial charge < -0.3 is 0 Å². The Bertz CT molecular complexity index is 1410. The van der Waals surface area contributed by atoms with Crippen LogP contribution in [0.3, 0.4) is 0 Å². The highest BCUT2D eigenvalue weighted by molar-refractivity contribution is 5.67. The number of nitrogens with zero attached hydrogens (tertiary/aromatic N) is 1. The van der Waals surface area contributed by atoms with Gasteiger partial charge in [-0.1, -0.05) is 84.9 Å². The highest BCUT2D eigenvalue weighted by atomic mass is 14.7. The van der Waals surface area contributed by atoms with Gasteiger partial charge in [0.1, 0.15) is 0 Å². The van der Waals surface area contributed by atoms with Crippen molar-refractivity contribution in [3.8, 4) is 22.4 Å². The van der Waals surface area contributed by atoms with Crippen molar-refractivity contribution < 1.29 is 11.0 Å². The second-order valence-electron chi connectivity index (χ2n) is 6.70. The van der Waals surface area contributed by atoms with Gasteiger partial charge in [0, 0.05) is 22.7 Å². The number of pyridine rings is 1. The van der Waals surface area contributed by atoms with Gasteiger partial charge >= 0.3 is 0 Å². The summed E-state index contributed by atoms with van der Waals surface area (Å²) >= 11 is 0.